The molecule has 0 aromatic heterocycles. The molecule has 20 heavy (non-hydrogen) atoms. The number of hydrogen-bond donors (Lipinski definition) is 1. The third-order valence-corrected chi connectivity index (χ3v) is 5.42. The van der Waals surface area contributed by atoms with Gasteiger partial charge in [-0.15, -0.1) is 0 Å². The lowest BCUT2D eigenvalue weighted by atomic mass is 9.84. The summed E-state index contributed by atoms with van der Waals surface area (Å²) >= 11 is 0. The summed E-state index contributed by atoms with van der Waals surface area (Å²) in [6, 6.07) is 7.55. The number of likely N-dealkylation sites (tertiary alicyclic amines) is 1. The van der Waals surface area contributed by atoms with Gasteiger partial charge in [-0.05, 0) is 57.2 Å². The fourth-order valence-electron chi connectivity index (χ4n) is 4.29. The third kappa shape index (κ3) is 2.27. The Bertz CT molecular complexity index is 486. The molecule has 3 unspecified atom stereocenters. The summed E-state index contributed by atoms with van der Waals surface area (Å²) in [5, 5.41) is 3.51. The van der Waals surface area contributed by atoms with Gasteiger partial charge in [-0.3, -0.25) is 4.90 Å². The van der Waals surface area contributed by atoms with Crippen molar-refractivity contribution in [1.29, 1.82) is 0 Å². The van der Waals surface area contributed by atoms with Gasteiger partial charge >= 0.3 is 0 Å². The maximum absolute atomic E-state index is 13.8. The summed E-state index contributed by atoms with van der Waals surface area (Å²) in [6.07, 6.45) is 0.795. The molecule has 3 heteroatoms. The molecule has 3 atom stereocenters. The Morgan fingerprint density at radius 1 is 1.35 bits per heavy atom. The van der Waals surface area contributed by atoms with E-state index in [0.717, 1.165) is 43.5 Å². The van der Waals surface area contributed by atoms with Gasteiger partial charge in [0.15, 0.2) is 0 Å². The van der Waals surface area contributed by atoms with E-state index in [1.165, 1.54) is 0 Å². The molecule has 2 nitrogen and oxygen atoms in total. The van der Waals surface area contributed by atoms with Crippen LogP contribution in [0.4, 0.5) is 4.39 Å². The molecule has 1 aromatic carbocycles. The number of nitrogens with zero attached hydrogens (tertiary/aromatic N) is 1. The molecule has 0 aliphatic carbocycles. The van der Waals surface area contributed by atoms with Crippen LogP contribution in [-0.2, 0) is 6.42 Å². The summed E-state index contributed by atoms with van der Waals surface area (Å²) in [7, 11) is 0. The van der Waals surface area contributed by atoms with Crippen molar-refractivity contribution in [3.63, 3.8) is 0 Å². The summed E-state index contributed by atoms with van der Waals surface area (Å²) in [4.78, 5) is 2.59. The third-order valence-electron chi connectivity index (χ3n) is 5.42. The SMILES string of the molecule is CC(Cc1ccccc1F)N1CC2CNCC2C1(C)C. The second kappa shape index (κ2) is 5.12. The molecule has 1 N–H and O–H groups in total. The lowest BCUT2D eigenvalue weighted by molar-refractivity contribution is 0.0966. The van der Waals surface area contributed by atoms with E-state index in [9.17, 15) is 4.39 Å². The topological polar surface area (TPSA) is 15.3 Å². The van der Waals surface area contributed by atoms with E-state index >= 15 is 0 Å². The van der Waals surface area contributed by atoms with Crippen molar-refractivity contribution in [2.75, 3.05) is 19.6 Å². The normalized spacial score (nSPS) is 30.4. The molecule has 110 valence electrons. The molecule has 2 aliphatic rings. The average Bonchev–Trinajstić information content (AvgIpc) is 2.95. The van der Waals surface area contributed by atoms with Crippen molar-refractivity contribution in [3.05, 3.63) is 35.6 Å². The van der Waals surface area contributed by atoms with E-state index in [0.29, 0.717) is 6.04 Å². The largest absolute Gasteiger partial charge is 0.316 e. The first-order valence-electron chi connectivity index (χ1n) is 7.71. The fourth-order valence-corrected chi connectivity index (χ4v) is 4.29. The van der Waals surface area contributed by atoms with Crippen molar-refractivity contribution in [3.8, 4) is 0 Å². The van der Waals surface area contributed by atoms with E-state index in [1.54, 1.807) is 12.1 Å². The zero-order chi connectivity index (χ0) is 14.3. The quantitative estimate of drug-likeness (QED) is 0.913. The van der Waals surface area contributed by atoms with Crippen LogP contribution in [0.2, 0.25) is 0 Å². The first kappa shape index (κ1) is 14.0. The zero-order valence-corrected chi connectivity index (χ0v) is 12.7. The summed E-state index contributed by atoms with van der Waals surface area (Å²) in [5.74, 6) is 1.41. The standard InChI is InChI=1S/C17H25FN2/c1-12(8-13-6-4-5-7-16(13)18)20-11-14-9-19-10-15(14)17(20,2)3/h4-7,12,14-15,19H,8-11H2,1-3H3. The molecule has 2 heterocycles. The van der Waals surface area contributed by atoms with Gasteiger partial charge in [0.05, 0.1) is 0 Å². The molecule has 0 spiro atoms. The highest BCUT2D eigenvalue weighted by Crippen LogP contribution is 2.42. The molecular formula is C17H25FN2. The lowest BCUT2D eigenvalue weighted by Gasteiger charge is -2.40. The maximum Gasteiger partial charge on any atom is 0.126 e. The molecule has 1 aromatic rings. The number of benzene rings is 1. The summed E-state index contributed by atoms with van der Waals surface area (Å²) < 4.78 is 13.8. The second-order valence-corrected chi connectivity index (χ2v) is 6.98. The second-order valence-electron chi connectivity index (χ2n) is 6.98. The molecular weight excluding hydrogens is 251 g/mol. The molecule has 0 amide bonds. The molecule has 2 saturated heterocycles. The van der Waals surface area contributed by atoms with Crippen LogP contribution in [0.15, 0.2) is 24.3 Å². The van der Waals surface area contributed by atoms with Gasteiger partial charge in [0.1, 0.15) is 5.82 Å². The Kier molecular flexibility index (Phi) is 3.59. The van der Waals surface area contributed by atoms with Crippen molar-refractivity contribution in [1.82, 2.24) is 10.2 Å². The number of halogens is 1. The Labute approximate surface area is 121 Å². The smallest absolute Gasteiger partial charge is 0.126 e. The van der Waals surface area contributed by atoms with Crippen LogP contribution in [0.25, 0.3) is 0 Å². The Balaban J connectivity index is 1.75. The van der Waals surface area contributed by atoms with Crippen LogP contribution in [-0.4, -0.2) is 36.1 Å². The predicted molar refractivity (Wildman–Crippen MR) is 80.2 cm³/mol. The molecule has 3 rings (SSSR count). The monoisotopic (exact) mass is 276 g/mol. The molecule has 0 saturated carbocycles. The van der Waals surface area contributed by atoms with Crippen LogP contribution >= 0.6 is 0 Å². The van der Waals surface area contributed by atoms with Crippen LogP contribution in [0.3, 0.4) is 0 Å². The van der Waals surface area contributed by atoms with Crippen molar-refractivity contribution in [2.24, 2.45) is 11.8 Å². The molecule has 2 aliphatic heterocycles. The van der Waals surface area contributed by atoms with E-state index in [-0.39, 0.29) is 11.4 Å². The van der Waals surface area contributed by atoms with Crippen LogP contribution < -0.4 is 5.32 Å². The molecule has 2 fully saturated rings. The predicted octanol–water partition coefficient (Wildman–Crippen LogP) is 2.69. The lowest BCUT2D eigenvalue weighted by Crippen LogP contribution is -2.49. The number of nitrogens with one attached hydrogen (secondary N) is 1. The van der Waals surface area contributed by atoms with E-state index < -0.39 is 0 Å². The summed E-state index contributed by atoms with van der Waals surface area (Å²) in [6.45, 7) is 10.3. The van der Waals surface area contributed by atoms with Gasteiger partial charge in [0.2, 0.25) is 0 Å². The minimum absolute atomic E-state index is 0.0711. The minimum Gasteiger partial charge on any atom is -0.316 e. The fraction of sp³-hybridized carbons (Fsp3) is 0.647. The molecule has 0 bridgehead atoms. The Morgan fingerprint density at radius 2 is 2.10 bits per heavy atom. The minimum atomic E-state index is -0.0711. The van der Waals surface area contributed by atoms with Gasteiger partial charge in [-0.1, -0.05) is 18.2 Å². The number of rotatable bonds is 3. The van der Waals surface area contributed by atoms with Crippen molar-refractivity contribution >= 4 is 0 Å². The first-order valence-corrected chi connectivity index (χ1v) is 7.71. The van der Waals surface area contributed by atoms with Gasteiger partial charge < -0.3 is 5.32 Å². The van der Waals surface area contributed by atoms with Crippen molar-refractivity contribution in [2.45, 2.75) is 38.8 Å². The van der Waals surface area contributed by atoms with Gasteiger partial charge in [0.25, 0.3) is 0 Å². The summed E-state index contributed by atoms with van der Waals surface area (Å²) in [5.41, 5.74) is 1.05. The molecule has 0 radical (unpaired) electrons. The number of fused-ring (bicyclic) bond motifs is 1. The average molecular weight is 276 g/mol. The highest BCUT2D eigenvalue weighted by atomic mass is 19.1. The maximum atomic E-state index is 13.8. The van der Waals surface area contributed by atoms with E-state index in [1.807, 2.05) is 12.1 Å². The van der Waals surface area contributed by atoms with Crippen molar-refractivity contribution < 1.29 is 4.39 Å². The van der Waals surface area contributed by atoms with Gasteiger partial charge in [-0.25, -0.2) is 4.39 Å². The van der Waals surface area contributed by atoms with Gasteiger partial charge in [-0.2, -0.15) is 0 Å². The van der Waals surface area contributed by atoms with E-state index in [4.69, 9.17) is 0 Å². The Hall–Kier alpha value is -0.930. The highest BCUT2D eigenvalue weighted by molar-refractivity contribution is 5.19. The van der Waals surface area contributed by atoms with Crippen LogP contribution in [0.1, 0.15) is 26.3 Å². The number of hydrogen-bond acceptors (Lipinski definition) is 2. The first-order chi connectivity index (χ1) is 9.50. The van der Waals surface area contributed by atoms with Crippen LogP contribution in [0, 0.1) is 17.7 Å². The highest BCUT2D eigenvalue weighted by Gasteiger charge is 2.50. The Morgan fingerprint density at radius 3 is 2.80 bits per heavy atom. The zero-order valence-electron chi connectivity index (χ0n) is 12.7. The van der Waals surface area contributed by atoms with Crippen LogP contribution in [0.5, 0.6) is 0 Å². The van der Waals surface area contributed by atoms with Gasteiger partial charge in [0, 0.05) is 24.7 Å². The van der Waals surface area contributed by atoms with E-state index in [2.05, 4.69) is 31.0 Å².